The van der Waals surface area contributed by atoms with Crippen LogP contribution >= 0.6 is 0 Å². The summed E-state index contributed by atoms with van der Waals surface area (Å²) in [5.41, 5.74) is 0.663. The molecular weight excluding hydrogens is 195 g/mol. The molecule has 0 radical (unpaired) electrons. The lowest BCUT2D eigenvalue weighted by Gasteiger charge is -2.35. The Hall–Kier alpha value is -1.58. The molecule has 1 unspecified atom stereocenters. The van der Waals surface area contributed by atoms with E-state index in [2.05, 4.69) is 10.6 Å². The second kappa shape index (κ2) is 3.22. The summed E-state index contributed by atoms with van der Waals surface area (Å²) in [5, 5.41) is 5.82. The van der Waals surface area contributed by atoms with Crippen LogP contribution in [0.1, 0.15) is 20.3 Å². The number of halogens is 1. The van der Waals surface area contributed by atoms with E-state index in [-0.39, 0.29) is 11.7 Å². The molecule has 1 heterocycles. The Morgan fingerprint density at radius 1 is 1.40 bits per heavy atom. The van der Waals surface area contributed by atoms with Gasteiger partial charge in [0.05, 0.1) is 11.4 Å². The minimum absolute atomic E-state index is 0.122. The zero-order valence-corrected chi connectivity index (χ0v) is 8.73. The highest BCUT2D eigenvalue weighted by atomic mass is 19.1. The van der Waals surface area contributed by atoms with Crippen molar-refractivity contribution in [2.24, 2.45) is 0 Å². The van der Waals surface area contributed by atoms with Crippen LogP contribution in [0.2, 0.25) is 0 Å². The maximum absolute atomic E-state index is 12.9. The first kappa shape index (κ1) is 9.96. The highest BCUT2D eigenvalue weighted by molar-refractivity contribution is 6.05. The van der Waals surface area contributed by atoms with Gasteiger partial charge in [0.15, 0.2) is 0 Å². The summed E-state index contributed by atoms with van der Waals surface area (Å²) in [5.74, 6) is -0.473. The van der Waals surface area contributed by atoms with Gasteiger partial charge in [-0.1, -0.05) is 6.92 Å². The molecule has 1 atom stereocenters. The van der Waals surface area contributed by atoms with E-state index < -0.39 is 5.54 Å². The first-order valence-corrected chi connectivity index (χ1v) is 4.94. The van der Waals surface area contributed by atoms with Gasteiger partial charge >= 0.3 is 0 Å². The molecule has 1 amide bonds. The highest BCUT2D eigenvalue weighted by Gasteiger charge is 2.35. The van der Waals surface area contributed by atoms with E-state index in [1.807, 2.05) is 13.8 Å². The van der Waals surface area contributed by atoms with Crippen molar-refractivity contribution >= 4 is 17.3 Å². The molecule has 1 aliphatic heterocycles. The molecule has 4 heteroatoms. The SMILES string of the molecule is CCC1(C)Nc2ccc(F)cc2NC1=O. The van der Waals surface area contributed by atoms with Gasteiger partial charge in [-0.25, -0.2) is 4.39 Å². The Kier molecular flexibility index (Phi) is 2.14. The molecular formula is C11H13FN2O. The van der Waals surface area contributed by atoms with Crippen molar-refractivity contribution in [3.05, 3.63) is 24.0 Å². The number of nitrogens with one attached hydrogen (secondary N) is 2. The molecule has 0 aliphatic carbocycles. The lowest BCUT2D eigenvalue weighted by atomic mass is 9.94. The van der Waals surface area contributed by atoms with Crippen LogP contribution in [0, 0.1) is 5.82 Å². The molecule has 80 valence electrons. The van der Waals surface area contributed by atoms with E-state index >= 15 is 0 Å². The molecule has 2 rings (SSSR count). The summed E-state index contributed by atoms with van der Waals surface area (Å²) in [7, 11) is 0. The van der Waals surface area contributed by atoms with Crippen LogP contribution in [0.15, 0.2) is 18.2 Å². The molecule has 0 aromatic heterocycles. The van der Waals surface area contributed by atoms with E-state index in [4.69, 9.17) is 0 Å². The minimum atomic E-state index is -0.606. The summed E-state index contributed by atoms with van der Waals surface area (Å²) in [6.45, 7) is 3.76. The average molecular weight is 208 g/mol. The number of anilines is 2. The van der Waals surface area contributed by atoms with Crippen LogP contribution in [-0.4, -0.2) is 11.4 Å². The molecule has 2 N–H and O–H groups in total. The van der Waals surface area contributed by atoms with Gasteiger partial charge in [0.1, 0.15) is 11.4 Å². The van der Waals surface area contributed by atoms with Crippen LogP contribution < -0.4 is 10.6 Å². The van der Waals surface area contributed by atoms with E-state index in [0.29, 0.717) is 12.1 Å². The van der Waals surface area contributed by atoms with Crippen LogP contribution in [-0.2, 0) is 4.79 Å². The molecule has 0 saturated heterocycles. The topological polar surface area (TPSA) is 41.1 Å². The molecule has 0 bridgehead atoms. The predicted octanol–water partition coefficient (Wildman–Crippen LogP) is 2.36. The lowest BCUT2D eigenvalue weighted by Crippen LogP contribution is -2.49. The molecule has 1 aromatic carbocycles. The van der Waals surface area contributed by atoms with Crippen molar-refractivity contribution in [1.29, 1.82) is 0 Å². The van der Waals surface area contributed by atoms with Gasteiger partial charge in [0, 0.05) is 0 Å². The third kappa shape index (κ3) is 1.56. The first-order chi connectivity index (χ1) is 7.05. The van der Waals surface area contributed by atoms with Crippen molar-refractivity contribution in [1.82, 2.24) is 0 Å². The Morgan fingerprint density at radius 3 is 2.80 bits per heavy atom. The van der Waals surface area contributed by atoms with E-state index in [0.717, 1.165) is 5.69 Å². The zero-order valence-electron chi connectivity index (χ0n) is 8.73. The number of carbonyl (C=O) groups is 1. The summed E-state index contributed by atoms with van der Waals surface area (Å²) in [4.78, 5) is 11.7. The molecule has 0 saturated carbocycles. The number of benzene rings is 1. The summed E-state index contributed by atoms with van der Waals surface area (Å²) in [6.07, 6.45) is 0.676. The maximum Gasteiger partial charge on any atom is 0.249 e. The largest absolute Gasteiger partial charge is 0.370 e. The number of amides is 1. The predicted molar refractivity (Wildman–Crippen MR) is 57.3 cm³/mol. The van der Waals surface area contributed by atoms with Crippen LogP contribution in [0.3, 0.4) is 0 Å². The van der Waals surface area contributed by atoms with E-state index in [1.54, 1.807) is 6.07 Å². The second-order valence-electron chi connectivity index (χ2n) is 3.95. The third-order valence-electron chi connectivity index (χ3n) is 2.85. The van der Waals surface area contributed by atoms with Crippen molar-refractivity contribution in [2.45, 2.75) is 25.8 Å². The standard InChI is InChI=1S/C11H13FN2O/c1-3-11(2)10(15)13-9-6-7(12)4-5-8(9)14-11/h4-6,14H,3H2,1-2H3,(H,13,15). The monoisotopic (exact) mass is 208 g/mol. The van der Waals surface area contributed by atoms with E-state index in [9.17, 15) is 9.18 Å². The average Bonchev–Trinajstić information content (AvgIpc) is 2.20. The van der Waals surface area contributed by atoms with Crippen molar-refractivity contribution < 1.29 is 9.18 Å². The maximum atomic E-state index is 12.9. The first-order valence-electron chi connectivity index (χ1n) is 4.94. The molecule has 15 heavy (non-hydrogen) atoms. The van der Waals surface area contributed by atoms with Crippen molar-refractivity contribution in [3.63, 3.8) is 0 Å². The Morgan fingerprint density at radius 2 is 2.13 bits per heavy atom. The fourth-order valence-corrected chi connectivity index (χ4v) is 1.59. The zero-order chi connectivity index (χ0) is 11.1. The second-order valence-corrected chi connectivity index (χ2v) is 3.95. The van der Waals surface area contributed by atoms with Crippen LogP contribution in [0.4, 0.5) is 15.8 Å². The van der Waals surface area contributed by atoms with Gasteiger partial charge in [0.2, 0.25) is 5.91 Å². The minimum Gasteiger partial charge on any atom is -0.370 e. The summed E-state index contributed by atoms with van der Waals surface area (Å²) >= 11 is 0. The summed E-state index contributed by atoms with van der Waals surface area (Å²) in [6, 6.07) is 4.33. The number of fused-ring (bicyclic) bond motifs is 1. The van der Waals surface area contributed by atoms with Gasteiger partial charge in [-0.2, -0.15) is 0 Å². The van der Waals surface area contributed by atoms with Crippen molar-refractivity contribution in [3.8, 4) is 0 Å². The Labute approximate surface area is 87.7 Å². The van der Waals surface area contributed by atoms with Crippen molar-refractivity contribution in [2.75, 3.05) is 10.6 Å². The Balaban J connectivity index is 2.42. The third-order valence-corrected chi connectivity index (χ3v) is 2.85. The number of rotatable bonds is 1. The highest BCUT2D eigenvalue weighted by Crippen LogP contribution is 2.32. The number of carbonyl (C=O) groups excluding carboxylic acids is 1. The quantitative estimate of drug-likeness (QED) is 0.743. The van der Waals surface area contributed by atoms with Gasteiger partial charge < -0.3 is 10.6 Å². The van der Waals surface area contributed by atoms with Gasteiger partial charge in [0.25, 0.3) is 0 Å². The van der Waals surface area contributed by atoms with Crippen LogP contribution in [0.25, 0.3) is 0 Å². The normalized spacial score (nSPS) is 24.1. The van der Waals surface area contributed by atoms with Gasteiger partial charge in [-0.3, -0.25) is 4.79 Å². The van der Waals surface area contributed by atoms with Gasteiger partial charge in [-0.15, -0.1) is 0 Å². The molecule has 1 aliphatic rings. The Bertz CT molecular complexity index is 419. The van der Waals surface area contributed by atoms with Gasteiger partial charge in [-0.05, 0) is 31.5 Å². The van der Waals surface area contributed by atoms with Crippen LogP contribution in [0.5, 0.6) is 0 Å². The molecule has 1 aromatic rings. The molecule has 3 nitrogen and oxygen atoms in total. The molecule has 0 fully saturated rings. The fraction of sp³-hybridized carbons (Fsp3) is 0.364. The molecule has 0 spiro atoms. The fourth-order valence-electron chi connectivity index (χ4n) is 1.59. The smallest absolute Gasteiger partial charge is 0.249 e. The number of hydrogen-bond donors (Lipinski definition) is 2. The summed E-state index contributed by atoms with van der Waals surface area (Å²) < 4.78 is 12.9. The lowest BCUT2D eigenvalue weighted by molar-refractivity contribution is -0.120. The number of hydrogen-bond acceptors (Lipinski definition) is 2. The van der Waals surface area contributed by atoms with E-state index in [1.165, 1.54) is 12.1 Å².